The normalized spacial score (nSPS) is 17.0. The van der Waals surface area contributed by atoms with E-state index in [-0.39, 0.29) is 23.8 Å². The third kappa shape index (κ3) is 5.90. The average Bonchev–Trinajstić information content (AvgIpc) is 2.79. The zero-order valence-corrected chi connectivity index (χ0v) is 19.6. The first-order valence-corrected chi connectivity index (χ1v) is 12.0. The number of ether oxygens (including phenoxy) is 1. The Hall–Kier alpha value is -2.93. The molecule has 0 bridgehead atoms. The van der Waals surface area contributed by atoms with Gasteiger partial charge in [-0.3, -0.25) is 19.5 Å². The van der Waals surface area contributed by atoms with Gasteiger partial charge in [-0.25, -0.2) is 0 Å². The van der Waals surface area contributed by atoms with E-state index in [2.05, 4.69) is 24.1 Å². The van der Waals surface area contributed by atoms with Crippen molar-refractivity contribution in [3.8, 4) is 5.75 Å². The van der Waals surface area contributed by atoms with Crippen molar-refractivity contribution in [1.82, 2.24) is 15.2 Å². The number of amides is 2. The van der Waals surface area contributed by atoms with Gasteiger partial charge in [0.15, 0.2) is 0 Å². The lowest BCUT2D eigenvalue weighted by Gasteiger charge is -2.33. The Morgan fingerprint density at radius 2 is 1.85 bits per heavy atom. The van der Waals surface area contributed by atoms with Gasteiger partial charge >= 0.3 is 0 Å². The molecule has 2 fully saturated rings. The van der Waals surface area contributed by atoms with Crippen LogP contribution in [0.1, 0.15) is 39.5 Å². The fraction of sp³-hybridized carbons (Fsp3) is 0.500. The maximum atomic E-state index is 13.1. The minimum atomic E-state index is -0.0189. The molecular formula is C26H34N4O3. The minimum absolute atomic E-state index is 0.0189. The number of hydrogen-bond donors (Lipinski definition) is 1. The quantitative estimate of drug-likeness (QED) is 0.663. The maximum Gasteiger partial charge on any atom is 0.237 e. The molecule has 4 rings (SSSR count). The van der Waals surface area contributed by atoms with E-state index in [1.54, 1.807) is 17.3 Å². The molecule has 33 heavy (non-hydrogen) atoms. The number of likely N-dealkylation sites (tertiary alicyclic amines) is 1. The molecule has 7 nitrogen and oxygen atoms in total. The maximum absolute atomic E-state index is 13.1. The summed E-state index contributed by atoms with van der Waals surface area (Å²) in [5.41, 5.74) is 1.57. The number of benzene rings is 1. The van der Waals surface area contributed by atoms with Crippen LogP contribution in [-0.4, -0.2) is 54.0 Å². The molecule has 3 heterocycles. The molecule has 0 atom stereocenters. The highest BCUT2D eigenvalue weighted by Gasteiger charge is 2.31. The Kier molecular flexibility index (Phi) is 7.60. The Labute approximate surface area is 196 Å². The standard InChI is InChI=1S/C26H34N4O3/c1-19(2)5-10-25(31)29-14-11-24(12-15-29)33-23-8-6-21(7-9-23)30(22-4-3-13-27-18-22)26(32)20-16-28-17-20/h3-4,6-9,13,18-20,24,28H,5,10-12,14-17H2,1-2H3. The SMILES string of the molecule is CC(C)CCC(=O)N1CCC(Oc2ccc(N(C(=O)C3CNC3)c3cccnc3)cc2)CC1. The van der Waals surface area contributed by atoms with Crippen molar-refractivity contribution in [2.75, 3.05) is 31.1 Å². The lowest BCUT2D eigenvalue weighted by Crippen LogP contribution is -2.51. The smallest absolute Gasteiger partial charge is 0.237 e. The molecule has 1 N–H and O–H groups in total. The van der Waals surface area contributed by atoms with Crippen LogP contribution in [0.2, 0.25) is 0 Å². The van der Waals surface area contributed by atoms with E-state index in [0.717, 1.165) is 49.5 Å². The third-order valence-corrected chi connectivity index (χ3v) is 6.38. The van der Waals surface area contributed by atoms with Gasteiger partial charge in [0, 0.05) is 57.3 Å². The third-order valence-electron chi connectivity index (χ3n) is 6.38. The lowest BCUT2D eigenvalue weighted by molar-refractivity contribution is -0.133. The van der Waals surface area contributed by atoms with Gasteiger partial charge in [0.2, 0.25) is 11.8 Å². The fourth-order valence-corrected chi connectivity index (χ4v) is 4.19. The monoisotopic (exact) mass is 450 g/mol. The van der Waals surface area contributed by atoms with Gasteiger partial charge in [-0.05, 0) is 48.7 Å². The first-order valence-electron chi connectivity index (χ1n) is 12.0. The first kappa shape index (κ1) is 23.2. The summed E-state index contributed by atoms with van der Waals surface area (Å²) >= 11 is 0. The molecule has 0 radical (unpaired) electrons. The number of anilines is 2. The number of hydrogen-bond acceptors (Lipinski definition) is 5. The summed E-state index contributed by atoms with van der Waals surface area (Å²) in [6, 6.07) is 11.4. The molecule has 1 aromatic carbocycles. The summed E-state index contributed by atoms with van der Waals surface area (Å²) in [4.78, 5) is 33.3. The molecule has 2 aromatic rings. The molecule has 2 amide bonds. The van der Waals surface area contributed by atoms with Crippen LogP contribution in [0.4, 0.5) is 11.4 Å². The van der Waals surface area contributed by atoms with E-state index >= 15 is 0 Å². The van der Waals surface area contributed by atoms with Crippen molar-refractivity contribution < 1.29 is 14.3 Å². The molecular weight excluding hydrogens is 416 g/mol. The summed E-state index contributed by atoms with van der Waals surface area (Å²) in [6.07, 6.45) is 6.77. The van der Waals surface area contributed by atoms with Gasteiger partial charge in [-0.2, -0.15) is 0 Å². The fourth-order valence-electron chi connectivity index (χ4n) is 4.19. The summed E-state index contributed by atoms with van der Waals surface area (Å²) in [5, 5.41) is 3.17. The van der Waals surface area contributed by atoms with Crippen LogP contribution >= 0.6 is 0 Å². The molecule has 7 heteroatoms. The van der Waals surface area contributed by atoms with Gasteiger partial charge in [-0.1, -0.05) is 13.8 Å². The van der Waals surface area contributed by atoms with Gasteiger partial charge in [-0.15, -0.1) is 0 Å². The summed E-state index contributed by atoms with van der Waals surface area (Å²) in [7, 11) is 0. The Bertz CT molecular complexity index is 920. The highest BCUT2D eigenvalue weighted by molar-refractivity contribution is 6.02. The van der Waals surface area contributed by atoms with E-state index in [1.807, 2.05) is 41.3 Å². The molecule has 176 valence electrons. The molecule has 2 saturated heterocycles. The number of nitrogens with one attached hydrogen (secondary N) is 1. The molecule has 0 spiro atoms. The largest absolute Gasteiger partial charge is 0.490 e. The lowest BCUT2D eigenvalue weighted by atomic mass is 10.0. The van der Waals surface area contributed by atoms with E-state index in [1.165, 1.54) is 0 Å². The number of nitrogens with zero attached hydrogens (tertiary/aromatic N) is 3. The molecule has 1 aromatic heterocycles. The van der Waals surface area contributed by atoms with Gasteiger partial charge in [0.1, 0.15) is 11.9 Å². The highest BCUT2D eigenvalue weighted by Crippen LogP contribution is 2.30. The number of pyridine rings is 1. The van der Waals surface area contributed by atoms with Gasteiger partial charge < -0.3 is 15.0 Å². The second-order valence-corrected chi connectivity index (χ2v) is 9.36. The van der Waals surface area contributed by atoms with Crippen LogP contribution in [-0.2, 0) is 9.59 Å². The molecule has 0 saturated carbocycles. The molecule has 2 aliphatic heterocycles. The Balaban J connectivity index is 1.36. The zero-order chi connectivity index (χ0) is 23.2. The average molecular weight is 451 g/mol. The number of rotatable bonds is 8. The van der Waals surface area contributed by atoms with E-state index in [0.29, 0.717) is 25.4 Å². The number of carbonyl (C=O) groups excluding carboxylic acids is 2. The van der Waals surface area contributed by atoms with Crippen molar-refractivity contribution in [2.45, 2.75) is 45.6 Å². The molecule has 0 unspecified atom stereocenters. The van der Waals surface area contributed by atoms with E-state index in [4.69, 9.17) is 4.74 Å². The summed E-state index contributed by atoms with van der Waals surface area (Å²) in [6.45, 7) is 7.20. The van der Waals surface area contributed by atoms with Crippen molar-refractivity contribution in [2.24, 2.45) is 11.8 Å². The van der Waals surface area contributed by atoms with Crippen LogP contribution in [0.25, 0.3) is 0 Å². The summed E-state index contributed by atoms with van der Waals surface area (Å²) < 4.78 is 6.20. The second-order valence-electron chi connectivity index (χ2n) is 9.36. The zero-order valence-electron chi connectivity index (χ0n) is 19.6. The Morgan fingerprint density at radius 3 is 2.42 bits per heavy atom. The number of piperidine rings is 1. The van der Waals surface area contributed by atoms with Crippen LogP contribution in [0.3, 0.4) is 0 Å². The predicted octanol–water partition coefficient (Wildman–Crippen LogP) is 3.77. The highest BCUT2D eigenvalue weighted by atomic mass is 16.5. The Morgan fingerprint density at radius 1 is 1.12 bits per heavy atom. The van der Waals surface area contributed by atoms with Crippen LogP contribution in [0.15, 0.2) is 48.8 Å². The van der Waals surface area contributed by atoms with Crippen LogP contribution in [0.5, 0.6) is 5.75 Å². The van der Waals surface area contributed by atoms with Gasteiger partial charge in [0.25, 0.3) is 0 Å². The van der Waals surface area contributed by atoms with Crippen LogP contribution in [0, 0.1) is 11.8 Å². The van der Waals surface area contributed by atoms with E-state index in [9.17, 15) is 9.59 Å². The number of carbonyl (C=O) groups is 2. The van der Waals surface area contributed by atoms with Crippen molar-refractivity contribution in [3.05, 3.63) is 48.8 Å². The topological polar surface area (TPSA) is 74.8 Å². The van der Waals surface area contributed by atoms with Crippen molar-refractivity contribution >= 4 is 23.2 Å². The summed E-state index contributed by atoms with van der Waals surface area (Å²) in [5.74, 6) is 1.65. The number of aromatic nitrogens is 1. The van der Waals surface area contributed by atoms with Crippen LogP contribution < -0.4 is 15.0 Å². The molecule has 0 aliphatic carbocycles. The van der Waals surface area contributed by atoms with E-state index < -0.39 is 0 Å². The van der Waals surface area contributed by atoms with Crippen molar-refractivity contribution in [1.29, 1.82) is 0 Å². The predicted molar refractivity (Wildman–Crippen MR) is 128 cm³/mol. The first-order chi connectivity index (χ1) is 16.0. The molecule has 2 aliphatic rings. The minimum Gasteiger partial charge on any atom is -0.490 e. The van der Waals surface area contributed by atoms with Gasteiger partial charge in [0.05, 0.1) is 17.8 Å². The second kappa shape index (κ2) is 10.8. The van der Waals surface area contributed by atoms with Crippen molar-refractivity contribution in [3.63, 3.8) is 0 Å².